The highest BCUT2D eigenvalue weighted by atomic mass is 32.1. The fourth-order valence-electron chi connectivity index (χ4n) is 3.62. The first-order valence-electron chi connectivity index (χ1n) is 9.17. The Bertz CT molecular complexity index is 718. The van der Waals surface area contributed by atoms with E-state index in [1.165, 1.54) is 22.6 Å². The molecule has 0 saturated carbocycles. The van der Waals surface area contributed by atoms with Crippen molar-refractivity contribution < 1.29 is 4.74 Å². The molecule has 1 atom stereocenters. The topological polar surface area (TPSA) is 41.5 Å². The van der Waals surface area contributed by atoms with Crippen LogP contribution in [0.1, 0.15) is 40.1 Å². The molecule has 2 aliphatic rings. The van der Waals surface area contributed by atoms with Crippen molar-refractivity contribution in [2.24, 2.45) is 0 Å². The minimum Gasteiger partial charge on any atom is -0.373 e. The van der Waals surface area contributed by atoms with Gasteiger partial charge in [-0.15, -0.1) is 11.3 Å². The summed E-state index contributed by atoms with van der Waals surface area (Å²) in [6.07, 6.45) is 4.56. The van der Waals surface area contributed by atoms with Gasteiger partial charge in [0.1, 0.15) is 5.82 Å². The van der Waals surface area contributed by atoms with E-state index in [1.807, 2.05) is 31.4 Å². The molecule has 0 spiro atoms. The molecule has 2 aliphatic heterocycles. The normalized spacial score (nSPS) is 21.8. The maximum atomic E-state index is 5.80. The SMILES string of the molecule is Cc1cnc(C)c(N2CCN(Cc3ccc([C@@H]4CCCO4)s3)CC2)n1. The van der Waals surface area contributed by atoms with Crippen LogP contribution in [0.15, 0.2) is 18.3 Å². The van der Waals surface area contributed by atoms with Gasteiger partial charge in [-0.25, -0.2) is 4.98 Å². The maximum absolute atomic E-state index is 5.80. The predicted octanol–water partition coefficient (Wildman–Crippen LogP) is 3.33. The Morgan fingerprint density at radius 2 is 2.04 bits per heavy atom. The van der Waals surface area contributed by atoms with Crippen LogP contribution in [-0.2, 0) is 11.3 Å². The number of nitrogens with zero attached hydrogens (tertiary/aromatic N) is 4. The third-order valence-electron chi connectivity index (χ3n) is 5.03. The van der Waals surface area contributed by atoms with Crippen molar-refractivity contribution >= 4 is 17.2 Å². The maximum Gasteiger partial charge on any atom is 0.150 e. The molecule has 0 aromatic carbocycles. The summed E-state index contributed by atoms with van der Waals surface area (Å²) >= 11 is 1.92. The van der Waals surface area contributed by atoms with Crippen LogP contribution < -0.4 is 4.90 Å². The summed E-state index contributed by atoms with van der Waals surface area (Å²) < 4.78 is 5.80. The van der Waals surface area contributed by atoms with E-state index in [0.29, 0.717) is 6.10 Å². The number of hydrogen-bond donors (Lipinski definition) is 0. The summed E-state index contributed by atoms with van der Waals surface area (Å²) in [7, 11) is 0. The third-order valence-corrected chi connectivity index (χ3v) is 6.19. The first-order chi connectivity index (χ1) is 12.2. The second kappa shape index (κ2) is 7.40. The molecule has 0 radical (unpaired) electrons. The average molecular weight is 359 g/mol. The minimum absolute atomic E-state index is 0.346. The average Bonchev–Trinajstić information content (AvgIpc) is 3.29. The fraction of sp³-hybridized carbons (Fsp3) is 0.579. The van der Waals surface area contributed by atoms with Crippen LogP contribution in [0, 0.1) is 13.8 Å². The van der Waals surface area contributed by atoms with Gasteiger partial charge in [0, 0.05) is 55.3 Å². The zero-order valence-corrected chi connectivity index (χ0v) is 15.9. The van der Waals surface area contributed by atoms with E-state index in [9.17, 15) is 0 Å². The molecule has 2 aromatic rings. The molecule has 4 heterocycles. The van der Waals surface area contributed by atoms with Crippen LogP contribution in [-0.4, -0.2) is 47.7 Å². The highest BCUT2D eigenvalue weighted by Gasteiger charge is 2.22. The highest BCUT2D eigenvalue weighted by molar-refractivity contribution is 7.12. The Labute approximate surface area is 153 Å². The van der Waals surface area contributed by atoms with Gasteiger partial charge in [0.25, 0.3) is 0 Å². The molecule has 0 bridgehead atoms. The molecule has 6 heteroatoms. The molecule has 4 rings (SSSR count). The number of piperazine rings is 1. The van der Waals surface area contributed by atoms with Gasteiger partial charge in [-0.1, -0.05) is 0 Å². The molecule has 0 amide bonds. The first-order valence-corrected chi connectivity index (χ1v) is 9.98. The molecular formula is C19H26N4OS. The number of thiophene rings is 1. The van der Waals surface area contributed by atoms with Gasteiger partial charge < -0.3 is 9.64 Å². The monoisotopic (exact) mass is 358 g/mol. The van der Waals surface area contributed by atoms with E-state index in [-0.39, 0.29) is 0 Å². The van der Waals surface area contributed by atoms with Crippen LogP contribution in [0.5, 0.6) is 0 Å². The van der Waals surface area contributed by atoms with Crippen molar-refractivity contribution in [3.05, 3.63) is 39.5 Å². The summed E-state index contributed by atoms with van der Waals surface area (Å²) in [5, 5.41) is 0. The summed E-state index contributed by atoms with van der Waals surface area (Å²) in [5.41, 5.74) is 2.02. The number of aromatic nitrogens is 2. The summed E-state index contributed by atoms with van der Waals surface area (Å²) in [5.74, 6) is 1.05. The number of rotatable bonds is 4. The van der Waals surface area contributed by atoms with Gasteiger partial charge in [0.2, 0.25) is 0 Å². The van der Waals surface area contributed by atoms with E-state index in [1.54, 1.807) is 0 Å². The lowest BCUT2D eigenvalue weighted by Gasteiger charge is -2.35. The third kappa shape index (κ3) is 3.86. The Kier molecular flexibility index (Phi) is 5.01. The Morgan fingerprint density at radius 3 is 2.80 bits per heavy atom. The van der Waals surface area contributed by atoms with E-state index < -0.39 is 0 Å². The molecular weight excluding hydrogens is 332 g/mol. The van der Waals surface area contributed by atoms with Crippen molar-refractivity contribution in [1.29, 1.82) is 0 Å². The zero-order chi connectivity index (χ0) is 17.2. The van der Waals surface area contributed by atoms with Gasteiger partial charge in [-0.3, -0.25) is 9.88 Å². The molecule has 5 nitrogen and oxygen atoms in total. The van der Waals surface area contributed by atoms with E-state index in [4.69, 9.17) is 4.74 Å². The molecule has 0 unspecified atom stereocenters. The summed E-state index contributed by atoms with van der Waals surface area (Å²) in [6.45, 7) is 10.2. The molecule has 134 valence electrons. The standard InChI is InChI=1S/C19H26N4OS/c1-14-12-20-15(2)19(21-14)23-9-7-22(8-10-23)13-16-5-6-18(25-16)17-4-3-11-24-17/h5-6,12,17H,3-4,7-11,13H2,1-2H3/t17-/m0/s1. The zero-order valence-electron chi connectivity index (χ0n) is 15.1. The van der Waals surface area contributed by atoms with Crippen LogP contribution in [0.4, 0.5) is 5.82 Å². The molecule has 2 saturated heterocycles. The van der Waals surface area contributed by atoms with Gasteiger partial charge in [-0.2, -0.15) is 0 Å². The van der Waals surface area contributed by atoms with Crippen LogP contribution >= 0.6 is 11.3 Å². The molecule has 2 fully saturated rings. The van der Waals surface area contributed by atoms with Gasteiger partial charge in [0.05, 0.1) is 17.5 Å². The summed E-state index contributed by atoms with van der Waals surface area (Å²) in [4.78, 5) is 16.9. The second-order valence-electron chi connectivity index (χ2n) is 6.99. The Hall–Kier alpha value is -1.50. The van der Waals surface area contributed by atoms with Crippen LogP contribution in [0.2, 0.25) is 0 Å². The second-order valence-corrected chi connectivity index (χ2v) is 8.19. The Balaban J connectivity index is 1.34. The molecule has 0 aliphatic carbocycles. The molecule has 0 N–H and O–H groups in total. The Morgan fingerprint density at radius 1 is 1.20 bits per heavy atom. The van der Waals surface area contributed by atoms with E-state index in [0.717, 1.165) is 56.5 Å². The van der Waals surface area contributed by atoms with Crippen molar-refractivity contribution in [1.82, 2.24) is 14.9 Å². The van der Waals surface area contributed by atoms with Crippen molar-refractivity contribution in [2.45, 2.75) is 39.3 Å². The van der Waals surface area contributed by atoms with Gasteiger partial charge in [-0.05, 0) is 38.8 Å². The first kappa shape index (κ1) is 16.9. The number of aryl methyl sites for hydroxylation is 2. The van der Waals surface area contributed by atoms with E-state index in [2.05, 4.69) is 31.9 Å². The van der Waals surface area contributed by atoms with Gasteiger partial charge in [0.15, 0.2) is 0 Å². The smallest absolute Gasteiger partial charge is 0.150 e. The highest BCUT2D eigenvalue weighted by Crippen LogP contribution is 2.33. The summed E-state index contributed by atoms with van der Waals surface area (Å²) in [6, 6.07) is 4.54. The lowest BCUT2D eigenvalue weighted by Crippen LogP contribution is -2.46. The minimum atomic E-state index is 0.346. The fourth-order valence-corrected chi connectivity index (χ4v) is 4.76. The van der Waals surface area contributed by atoms with Crippen molar-refractivity contribution in [3.63, 3.8) is 0 Å². The van der Waals surface area contributed by atoms with Crippen molar-refractivity contribution in [2.75, 3.05) is 37.7 Å². The van der Waals surface area contributed by atoms with E-state index >= 15 is 0 Å². The van der Waals surface area contributed by atoms with Crippen molar-refractivity contribution in [3.8, 4) is 0 Å². The van der Waals surface area contributed by atoms with Crippen LogP contribution in [0.25, 0.3) is 0 Å². The number of hydrogen-bond acceptors (Lipinski definition) is 6. The molecule has 25 heavy (non-hydrogen) atoms. The number of anilines is 1. The largest absolute Gasteiger partial charge is 0.373 e. The van der Waals surface area contributed by atoms with Crippen LogP contribution in [0.3, 0.4) is 0 Å². The van der Waals surface area contributed by atoms with Gasteiger partial charge >= 0.3 is 0 Å². The number of ether oxygens (including phenoxy) is 1. The predicted molar refractivity (Wildman–Crippen MR) is 101 cm³/mol. The quantitative estimate of drug-likeness (QED) is 0.839. The lowest BCUT2D eigenvalue weighted by atomic mass is 10.2. The lowest BCUT2D eigenvalue weighted by molar-refractivity contribution is 0.114. The molecule has 2 aromatic heterocycles.